The fraction of sp³-hybridized carbons (Fsp3) is 0.345. The van der Waals surface area contributed by atoms with Crippen LogP contribution in [-0.4, -0.2) is 42.2 Å². The average molecular weight is 523 g/mol. The molecule has 0 aliphatic carbocycles. The Labute approximate surface area is 220 Å². The van der Waals surface area contributed by atoms with Gasteiger partial charge in [-0.05, 0) is 60.2 Å². The van der Waals surface area contributed by atoms with E-state index in [0.29, 0.717) is 30.5 Å². The third-order valence-corrected chi connectivity index (χ3v) is 6.06. The number of morpholine rings is 1. The van der Waals surface area contributed by atoms with E-state index in [-0.39, 0.29) is 5.56 Å². The summed E-state index contributed by atoms with van der Waals surface area (Å²) in [5, 5.41) is 2.70. The second-order valence-electron chi connectivity index (χ2n) is 9.50. The molecule has 1 saturated heterocycles. The number of benzene rings is 1. The smallest absolute Gasteiger partial charge is 0.378 e. The van der Waals surface area contributed by atoms with Crippen LogP contribution >= 0.6 is 0 Å². The predicted octanol–water partition coefficient (Wildman–Crippen LogP) is 5.96. The molecule has 0 saturated carbocycles. The van der Waals surface area contributed by atoms with Gasteiger partial charge in [0.15, 0.2) is 0 Å². The first kappa shape index (κ1) is 27.1. The summed E-state index contributed by atoms with van der Waals surface area (Å²) in [6, 6.07) is 9.39. The fourth-order valence-corrected chi connectivity index (χ4v) is 4.02. The molecule has 1 aliphatic heterocycles. The van der Waals surface area contributed by atoms with E-state index in [4.69, 9.17) is 4.74 Å². The summed E-state index contributed by atoms with van der Waals surface area (Å²) in [5.74, 6) is 6.24. The van der Waals surface area contributed by atoms with Crippen LogP contribution in [0.2, 0.25) is 0 Å². The molecule has 38 heavy (non-hydrogen) atoms. The summed E-state index contributed by atoms with van der Waals surface area (Å²) in [6.45, 7) is 8.88. The van der Waals surface area contributed by atoms with Crippen molar-refractivity contribution in [2.75, 3.05) is 36.5 Å². The lowest BCUT2D eigenvalue weighted by Gasteiger charge is -2.29. The zero-order valence-corrected chi connectivity index (χ0v) is 21.5. The SMILES string of the molecule is Cc1ccc(NC(=O)c2ccnc(C(F)(F)F)c2)cc1-c1cnc(C#CCC(C)C)c(N2CCOCC2)c1. The molecule has 0 unspecified atom stereocenters. The van der Waals surface area contributed by atoms with E-state index in [0.717, 1.165) is 54.2 Å². The van der Waals surface area contributed by atoms with Crippen molar-refractivity contribution in [1.82, 2.24) is 9.97 Å². The molecule has 9 heteroatoms. The van der Waals surface area contributed by atoms with E-state index in [1.807, 2.05) is 19.1 Å². The number of aryl methyl sites for hydroxylation is 1. The highest BCUT2D eigenvalue weighted by Crippen LogP contribution is 2.32. The fourth-order valence-electron chi connectivity index (χ4n) is 4.02. The molecule has 6 nitrogen and oxygen atoms in total. The van der Waals surface area contributed by atoms with Crippen LogP contribution in [0.1, 0.15) is 47.6 Å². The molecule has 0 spiro atoms. The van der Waals surface area contributed by atoms with E-state index in [1.165, 1.54) is 6.07 Å². The van der Waals surface area contributed by atoms with Crippen LogP contribution in [0.4, 0.5) is 24.5 Å². The highest BCUT2D eigenvalue weighted by Gasteiger charge is 2.33. The highest BCUT2D eigenvalue weighted by atomic mass is 19.4. The topological polar surface area (TPSA) is 67.4 Å². The Balaban J connectivity index is 1.64. The molecule has 0 radical (unpaired) electrons. The molecule has 3 heterocycles. The van der Waals surface area contributed by atoms with Gasteiger partial charge in [0.1, 0.15) is 11.4 Å². The molecular weight excluding hydrogens is 493 g/mol. The van der Waals surface area contributed by atoms with Gasteiger partial charge in [0.2, 0.25) is 0 Å². The van der Waals surface area contributed by atoms with E-state index in [9.17, 15) is 18.0 Å². The molecule has 1 aliphatic rings. The van der Waals surface area contributed by atoms with Gasteiger partial charge in [-0.15, -0.1) is 0 Å². The second kappa shape index (κ2) is 11.7. The molecule has 1 N–H and O–H groups in total. The standard InChI is InChI=1S/C29H29F3N4O2/c1-19(2)5-4-6-25-26(36-11-13-38-14-12-36)15-22(18-34-25)24-17-23(8-7-20(24)3)35-28(37)21-9-10-33-27(16-21)29(30,31)32/h7-10,15-19H,5,11-14H2,1-3H3,(H,35,37). The van der Waals surface area contributed by atoms with Crippen LogP contribution in [0.15, 0.2) is 48.8 Å². The van der Waals surface area contributed by atoms with Crippen molar-refractivity contribution in [2.45, 2.75) is 33.4 Å². The minimum absolute atomic E-state index is 0.130. The van der Waals surface area contributed by atoms with Crippen LogP contribution in [0.5, 0.6) is 0 Å². The Bertz CT molecular complexity index is 1370. The summed E-state index contributed by atoms with van der Waals surface area (Å²) in [7, 11) is 0. The molecule has 3 aromatic rings. The number of ether oxygens (including phenoxy) is 1. The van der Waals surface area contributed by atoms with Crippen LogP contribution in [0.25, 0.3) is 11.1 Å². The summed E-state index contributed by atoms with van der Waals surface area (Å²) >= 11 is 0. The zero-order valence-electron chi connectivity index (χ0n) is 21.5. The van der Waals surface area contributed by atoms with Crippen LogP contribution in [0, 0.1) is 24.7 Å². The molecule has 1 fully saturated rings. The number of anilines is 2. The zero-order chi connectivity index (χ0) is 27.3. The summed E-state index contributed by atoms with van der Waals surface area (Å²) < 4.78 is 44.6. The lowest BCUT2D eigenvalue weighted by molar-refractivity contribution is -0.141. The van der Waals surface area contributed by atoms with Gasteiger partial charge in [-0.25, -0.2) is 4.98 Å². The molecule has 4 rings (SSSR count). The molecule has 2 aromatic heterocycles. The summed E-state index contributed by atoms with van der Waals surface area (Å²) in [6.07, 6.45) is -1.13. The molecule has 198 valence electrons. The number of carbonyl (C=O) groups excluding carboxylic acids is 1. The molecule has 0 bridgehead atoms. The van der Waals surface area contributed by atoms with Gasteiger partial charge < -0.3 is 15.0 Å². The van der Waals surface area contributed by atoms with Gasteiger partial charge in [-0.1, -0.05) is 25.8 Å². The molecule has 1 aromatic carbocycles. The van der Waals surface area contributed by atoms with Crippen LogP contribution in [-0.2, 0) is 10.9 Å². The molecule has 1 amide bonds. The Morgan fingerprint density at radius 3 is 2.61 bits per heavy atom. The van der Waals surface area contributed by atoms with Gasteiger partial charge in [0, 0.05) is 48.7 Å². The van der Waals surface area contributed by atoms with Crippen molar-refractivity contribution in [2.24, 2.45) is 5.92 Å². The normalized spacial score (nSPS) is 13.7. The Morgan fingerprint density at radius 2 is 1.89 bits per heavy atom. The number of halogens is 3. The van der Waals surface area contributed by atoms with E-state index in [2.05, 4.69) is 45.9 Å². The third-order valence-electron chi connectivity index (χ3n) is 6.06. The molecular formula is C29H29F3N4O2. The number of rotatable bonds is 5. The van der Waals surface area contributed by atoms with Gasteiger partial charge in [0.05, 0.1) is 18.9 Å². The first-order chi connectivity index (χ1) is 18.1. The highest BCUT2D eigenvalue weighted by molar-refractivity contribution is 6.04. The van der Waals surface area contributed by atoms with Crippen molar-refractivity contribution in [3.05, 3.63) is 71.3 Å². The third kappa shape index (κ3) is 6.69. The van der Waals surface area contributed by atoms with E-state index < -0.39 is 17.8 Å². The Morgan fingerprint density at radius 1 is 1.13 bits per heavy atom. The van der Waals surface area contributed by atoms with Crippen molar-refractivity contribution in [1.29, 1.82) is 0 Å². The van der Waals surface area contributed by atoms with E-state index in [1.54, 1.807) is 18.3 Å². The molecule has 0 atom stereocenters. The van der Waals surface area contributed by atoms with Gasteiger partial charge >= 0.3 is 6.18 Å². The number of carbonyl (C=O) groups is 1. The lowest BCUT2D eigenvalue weighted by atomic mass is 10.00. The number of aromatic nitrogens is 2. The largest absolute Gasteiger partial charge is 0.433 e. The van der Waals surface area contributed by atoms with Crippen molar-refractivity contribution in [3.63, 3.8) is 0 Å². The summed E-state index contributed by atoms with van der Waals surface area (Å²) in [5.41, 5.74) is 3.48. The predicted molar refractivity (Wildman–Crippen MR) is 141 cm³/mol. The number of hydrogen-bond acceptors (Lipinski definition) is 5. The van der Waals surface area contributed by atoms with Crippen molar-refractivity contribution >= 4 is 17.3 Å². The van der Waals surface area contributed by atoms with Gasteiger partial charge in [-0.3, -0.25) is 9.78 Å². The number of nitrogens with one attached hydrogen (secondary N) is 1. The van der Waals surface area contributed by atoms with Crippen LogP contribution in [0.3, 0.4) is 0 Å². The summed E-state index contributed by atoms with van der Waals surface area (Å²) in [4.78, 5) is 22.9. The maximum atomic E-state index is 13.0. The Kier molecular flexibility index (Phi) is 8.32. The van der Waals surface area contributed by atoms with Crippen molar-refractivity contribution in [3.8, 4) is 23.0 Å². The quantitative estimate of drug-likeness (QED) is 0.419. The van der Waals surface area contributed by atoms with Gasteiger partial charge in [0.25, 0.3) is 5.91 Å². The number of alkyl halides is 3. The number of nitrogens with zero attached hydrogens (tertiary/aromatic N) is 3. The number of pyridine rings is 2. The minimum Gasteiger partial charge on any atom is -0.378 e. The second-order valence-corrected chi connectivity index (χ2v) is 9.50. The van der Waals surface area contributed by atoms with Crippen LogP contribution < -0.4 is 10.2 Å². The van der Waals surface area contributed by atoms with Gasteiger partial charge in [-0.2, -0.15) is 13.2 Å². The van der Waals surface area contributed by atoms with Crippen molar-refractivity contribution < 1.29 is 22.7 Å². The Hall–Kier alpha value is -3.90. The maximum absolute atomic E-state index is 13.0. The lowest BCUT2D eigenvalue weighted by Crippen LogP contribution is -2.36. The number of amides is 1. The maximum Gasteiger partial charge on any atom is 0.433 e. The first-order valence-corrected chi connectivity index (χ1v) is 12.4. The minimum atomic E-state index is -4.64. The number of hydrogen-bond donors (Lipinski definition) is 1. The average Bonchev–Trinajstić information content (AvgIpc) is 2.90. The first-order valence-electron chi connectivity index (χ1n) is 12.4. The van der Waals surface area contributed by atoms with E-state index >= 15 is 0 Å². The monoisotopic (exact) mass is 522 g/mol.